The van der Waals surface area contributed by atoms with Crippen LogP contribution >= 0.6 is 23.4 Å². The van der Waals surface area contributed by atoms with Crippen LogP contribution in [0.3, 0.4) is 0 Å². The van der Waals surface area contributed by atoms with E-state index >= 15 is 0 Å². The molecule has 1 saturated carbocycles. The zero-order valence-corrected chi connectivity index (χ0v) is 21.5. The van der Waals surface area contributed by atoms with Crippen molar-refractivity contribution >= 4 is 40.9 Å². The van der Waals surface area contributed by atoms with E-state index in [9.17, 15) is 9.59 Å². The number of amides is 2. The van der Waals surface area contributed by atoms with Crippen molar-refractivity contribution in [3.63, 3.8) is 0 Å². The molecule has 0 aromatic heterocycles. The minimum absolute atomic E-state index is 0.0827. The number of carbonyl (C=O) groups excluding carboxylic acids is 2. The second-order valence-corrected chi connectivity index (χ2v) is 11.2. The summed E-state index contributed by atoms with van der Waals surface area (Å²) in [4.78, 5) is 30.7. The van der Waals surface area contributed by atoms with E-state index in [2.05, 4.69) is 19.2 Å². The summed E-state index contributed by atoms with van der Waals surface area (Å²) in [7, 11) is 0. The van der Waals surface area contributed by atoms with Crippen molar-refractivity contribution in [2.75, 3.05) is 4.90 Å². The molecule has 0 bridgehead atoms. The summed E-state index contributed by atoms with van der Waals surface area (Å²) in [6, 6.07) is 21.1. The molecule has 2 aliphatic rings. The summed E-state index contributed by atoms with van der Waals surface area (Å²) in [6.45, 7) is 4.86. The molecule has 3 aromatic carbocycles. The first-order chi connectivity index (χ1) is 16.9. The third-order valence-corrected chi connectivity index (χ3v) is 8.72. The van der Waals surface area contributed by atoms with Crippen LogP contribution in [-0.4, -0.2) is 17.9 Å². The van der Waals surface area contributed by atoms with Crippen LogP contribution in [0.25, 0.3) is 0 Å². The Labute approximate surface area is 216 Å². The normalized spacial score (nSPS) is 21.6. The first-order valence-corrected chi connectivity index (χ1v) is 13.4. The van der Waals surface area contributed by atoms with Crippen LogP contribution in [0.2, 0.25) is 5.02 Å². The lowest BCUT2D eigenvalue weighted by Gasteiger charge is -2.34. The molecule has 1 aliphatic heterocycles. The number of nitrogens with one attached hydrogen (secondary N) is 1. The van der Waals surface area contributed by atoms with Crippen molar-refractivity contribution in [3.05, 3.63) is 88.4 Å². The Hall–Kier alpha value is -2.76. The Morgan fingerprint density at radius 3 is 2.69 bits per heavy atom. The molecule has 0 radical (unpaired) electrons. The molecule has 0 saturated heterocycles. The zero-order valence-electron chi connectivity index (χ0n) is 20.0. The molecular weight excluding hydrogens is 476 g/mol. The molecule has 4 nitrogen and oxygen atoms in total. The number of fused-ring (bicyclic) bond motifs is 2. The van der Waals surface area contributed by atoms with E-state index in [4.69, 9.17) is 11.6 Å². The standard InChI is InChI=1S/C29H29ClN2O2S/c1-18-7-5-11-24(19(18)2)31-28(33)21-13-14-27-25(16-21)32(17-20-8-6-9-22(30)15-20)29(34)23-10-3-4-12-26(23)35-27/h3-4,6,8-10,12-16,18-19,24H,5,7,11,17H2,1-2H3,(H,31,33)/t18-,19-,24-/m1/s1. The Bertz CT molecular complexity index is 1280. The number of nitrogens with zero attached hydrogens (tertiary/aromatic N) is 1. The molecule has 1 N–H and O–H groups in total. The molecule has 180 valence electrons. The predicted molar refractivity (Wildman–Crippen MR) is 142 cm³/mol. The molecule has 0 spiro atoms. The van der Waals surface area contributed by atoms with E-state index in [1.807, 2.05) is 66.7 Å². The van der Waals surface area contributed by atoms with Gasteiger partial charge < -0.3 is 10.2 Å². The highest BCUT2D eigenvalue weighted by molar-refractivity contribution is 7.99. The van der Waals surface area contributed by atoms with Crippen LogP contribution in [0, 0.1) is 11.8 Å². The number of benzene rings is 3. The first-order valence-electron chi connectivity index (χ1n) is 12.2. The van der Waals surface area contributed by atoms with Crippen LogP contribution in [-0.2, 0) is 6.54 Å². The van der Waals surface area contributed by atoms with Gasteiger partial charge in [-0.05, 0) is 66.3 Å². The quantitative estimate of drug-likeness (QED) is 0.408. The second kappa shape index (κ2) is 10.1. The number of rotatable bonds is 4. The first kappa shape index (κ1) is 24.0. The summed E-state index contributed by atoms with van der Waals surface area (Å²) in [5.41, 5.74) is 2.91. The van der Waals surface area contributed by atoms with Crippen molar-refractivity contribution in [2.24, 2.45) is 11.8 Å². The minimum Gasteiger partial charge on any atom is -0.349 e. The average molecular weight is 505 g/mol. The van der Waals surface area contributed by atoms with Gasteiger partial charge in [0.25, 0.3) is 11.8 Å². The number of carbonyl (C=O) groups is 2. The molecule has 6 heteroatoms. The van der Waals surface area contributed by atoms with Crippen molar-refractivity contribution in [3.8, 4) is 0 Å². The smallest absolute Gasteiger partial charge is 0.259 e. The van der Waals surface area contributed by atoms with Gasteiger partial charge in [-0.25, -0.2) is 0 Å². The molecule has 1 heterocycles. The fourth-order valence-corrected chi connectivity index (χ4v) is 6.35. The summed E-state index contributed by atoms with van der Waals surface area (Å²) in [6.07, 6.45) is 3.36. The van der Waals surface area contributed by atoms with E-state index in [0.29, 0.717) is 34.5 Å². The van der Waals surface area contributed by atoms with Gasteiger partial charge in [0, 0.05) is 26.4 Å². The number of hydrogen-bond donors (Lipinski definition) is 1. The maximum Gasteiger partial charge on any atom is 0.259 e. The van der Waals surface area contributed by atoms with Crippen LogP contribution in [0.15, 0.2) is 76.5 Å². The van der Waals surface area contributed by atoms with Gasteiger partial charge >= 0.3 is 0 Å². The van der Waals surface area contributed by atoms with Gasteiger partial charge in [0.1, 0.15) is 0 Å². The van der Waals surface area contributed by atoms with Crippen LogP contribution in [0.4, 0.5) is 5.69 Å². The van der Waals surface area contributed by atoms with Crippen molar-refractivity contribution in [1.29, 1.82) is 0 Å². The van der Waals surface area contributed by atoms with Gasteiger partial charge in [-0.1, -0.05) is 74.3 Å². The number of anilines is 1. The van der Waals surface area contributed by atoms with Crippen LogP contribution in [0.5, 0.6) is 0 Å². The fraction of sp³-hybridized carbons (Fsp3) is 0.310. The summed E-state index contributed by atoms with van der Waals surface area (Å²) < 4.78 is 0. The largest absolute Gasteiger partial charge is 0.349 e. The number of halogens is 1. The molecule has 0 unspecified atom stereocenters. The molecule has 2 amide bonds. The molecule has 1 aliphatic carbocycles. The monoisotopic (exact) mass is 504 g/mol. The van der Waals surface area contributed by atoms with Gasteiger partial charge in [0.2, 0.25) is 0 Å². The van der Waals surface area contributed by atoms with Gasteiger partial charge in [-0.3, -0.25) is 9.59 Å². The highest BCUT2D eigenvalue weighted by Gasteiger charge is 2.30. The second-order valence-electron chi connectivity index (χ2n) is 9.65. The Kier molecular flexibility index (Phi) is 6.90. The van der Waals surface area contributed by atoms with Crippen molar-refractivity contribution < 1.29 is 9.59 Å². The Morgan fingerprint density at radius 1 is 1.03 bits per heavy atom. The van der Waals surface area contributed by atoms with E-state index < -0.39 is 0 Å². The lowest BCUT2D eigenvalue weighted by Crippen LogP contribution is -2.43. The molecule has 1 fully saturated rings. The minimum atomic E-state index is -0.0842. The van der Waals surface area contributed by atoms with E-state index in [1.165, 1.54) is 6.42 Å². The van der Waals surface area contributed by atoms with Crippen molar-refractivity contribution in [2.45, 2.75) is 55.5 Å². The van der Waals surface area contributed by atoms with Crippen molar-refractivity contribution in [1.82, 2.24) is 5.32 Å². The molecule has 35 heavy (non-hydrogen) atoms. The van der Waals surface area contributed by atoms with Gasteiger partial charge in [-0.2, -0.15) is 0 Å². The zero-order chi connectivity index (χ0) is 24.5. The fourth-order valence-electron chi connectivity index (χ4n) is 5.07. The van der Waals surface area contributed by atoms with E-state index in [0.717, 1.165) is 33.9 Å². The van der Waals surface area contributed by atoms with E-state index in [1.54, 1.807) is 16.7 Å². The highest BCUT2D eigenvalue weighted by atomic mass is 35.5. The van der Waals surface area contributed by atoms with E-state index in [-0.39, 0.29) is 17.9 Å². The highest BCUT2D eigenvalue weighted by Crippen LogP contribution is 2.42. The SMILES string of the molecule is C[C@@H]1[C@H](C)CCC[C@H]1NC(=O)c1ccc2c(c1)N(Cc1cccc(Cl)c1)C(=O)c1ccccc1S2. The topological polar surface area (TPSA) is 49.4 Å². The average Bonchev–Trinajstić information content (AvgIpc) is 2.96. The third kappa shape index (κ3) is 4.98. The van der Waals surface area contributed by atoms with Gasteiger partial charge in [0.05, 0.1) is 17.8 Å². The van der Waals surface area contributed by atoms with Gasteiger partial charge in [-0.15, -0.1) is 0 Å². The van der Waals surface area contributed by atoms with Gasteiger partial charge in [0.15, 0.2) is 0 Å². The van der Waals surface area contributed by atoms with Crippen LogP contribution in [0.1, 0.15) is 59.4 Å². The molecule has 3 atom stereocenters. The molecule has 3 aromatic rings. The predicted octanol–water partition coefficient (Wildman–Crippen LogP) is 7.21. The summed E-state index contributed by atoms with van der Waals surface area (Å²) in [5.74, 6) is 0.876. The maximum atomic E-state index is 13.7. The lowest BCUT2D eigenvalue weighted by atomic mass is 9.78. The molecule has 5 rings (SSSR count). The third-order valence-electron chi connectivity index (χ3n) is 7.35. The molecular formula is C29H29ClN2O2S. The number of hydrogen-bond acceptors (Lipinski definition) is 3. The lowest BCUT2D eigenvalue weighted by molar-refractivity contribution is 0.0889. The summed E-state index contributed by atoms with van der Waals surface area (Å²) in [5, 5.41) is 3.90. The maximum absolute atomic E-state index is 13.7. The summed E-state index contributed by atoms with van der Waals surface area (Å²) >= 11 is 7.79. The van der Waals surface area contributed by atoms with Crippen LogP contribution < -0.4 is 10.2 Å². The Balaban J connectivity index is 1.51. The Morgan fingerprint density at radius 2 is 1.86 bits per heavy atom.